The van der Waals surface area contributed by atoms with Gasteiger partial charge in [-0.1, -0.05) is 27.2 Å². The van der Waals surface area contributed by atoms with E-state index in [0.717, 1.165) is 17.5 Å². The summed E-state index contributed by atoms with van der Waals surface area (Å²) in [4.78, 5) is 18.9. The average molecular weight is 408 g/mol. The Labute approximate surface area is 176 Å². The quantitative estimate of drug-likeness (QED) is 0.531. The van der Waals surface area contributed by atoms with Crippen LogP contribution in [-0.4, -0.2) is 27.1 Å². The fourth-order valence-electron chi connectivity index (χ4n) is 4.64. The Kier molecular flexibility index (Phi) is 5.66. The Hall–Kier alpha value is -3.02. The Morgan fingerprint density at radius 2 is 1.87 bits per heavy atom. The van der Waals surface area contributed by atoms with Gasteiger partial charge in [-0.25, -0.2) is 4.79 Å². The minimum Gasteiger partial charge on any atom is -0.478 e. The number of nitrogens with one attached hydrogen (secondary N) is 1. The second-order valence-corrected chi connectivity index (χ2v) is 8.54. The van der Waals surface area contributed by atoms with Gasteiger partial charge in [0, 0.05) is 12.0 Å². The van der Waals surface area contributed by atoms with Crippen molar-refractivity contribution in [2.45, 2.75) is 46.1 Å². The van der Waals surface area contributed by atoms with Crippen molar-refractivity contribution in [3.8, 4) is 17.5 Å². The SMILES string of the molecule is CC(C)C1C(C)CCCC1Oc1nc2cc(Oc3ccc(C(=O)O)cc3)ccc2[nH]1. The maximum atomic E-state index is 11.0. The van der Waals surface area contributed by atoms with Crippen molar-refractivity contribution in [1.29, 1.82) is 0 Å². The third-order valence-corrected chi connectivity index (χ3v) is 6.04. The minimum absolute atomic E-state index is 0.179. The molecule has 30 heavy (non-hydrogen) atoms. The van der Waals surface area contributed by atoms with Gasteiger partial charge in [0.15, 0.2) is 0 Å². The highest BCUT2D eigenvalue weighted by Crippen LogP contribution is 2.37. The molecule has 1 saturated carbocycles. The fourth-order valence-corrected chi connectivity index (χ4v) is 4.64. The number of aromatic carboxylic acids is 1. The molecule has 0 aliphatic heterocycles. The van der Waals surface area contributed by atoms with Crippen LogP contribution in [0.15, 0.2) is 42.5 Å². The summed E-state index contributed by atoms with van der Waals surface area (Å²) in [5, 5.41) is 9.00. The number of ether oxygens (including phenoxy) is 2. The summed E-state index contributed by atoms with van der Waals surface area (Å²) in [6.45, 7) is 6.87. The van der Waals surface area contributed by atoms with Crippen LogP contribution in [0.2, 0.25) is 0 Å². The van der Waals surface area contributed by atoms with Gasteiger partial charge in [0.25, 0.3) is 6.01 Å². The van der Waals surface area contributed by atoms with Crippen LogP contribution in [-0.2, 0) is 0 Å². The molecule has 3 atom stereocenters. The van der Waals surface area contributed by atoms with E-state index >= 15 is 0 Å². The molecular formula is C24H28N2O4. The minimum atomic E-state index is -0.959. The zero-order chi connectivity index (χ0) is 21.3. The molecule has 0 saturated heterocycles. The van der Waals surface area contributed by atoms with Crippen LogP contribution in [0.5, 0.6) is 17.5 Å². The normalized spacial score (nSPS) is 21.7. The van der Waals surface area contributed by atoms with Gasteiger partial charge in [0.05, 0.1) is 16.6 Å². The second-order valence-electron chi connectivity index (χ2n) is 8.54. The molecule has 6 heteroatoms. The number of benzene rings is 2. The van der Waals surface area contributed by atoms with Crippen LogP contribution < -0.4 is 9.47 Å². The van der Waals surface area contributed by atoms with Crippen LogP contribution in [0.25, 0.3) is 11.0 Å². The molecule has 0 radical (unpaired) electrons. The second kappa shape index (κ2) is 8.38. The maximum Gasteiger partial charge on any atom is 0.335 e. The van der Waals surface area contributed by atoms with Crippen molar-refractivity contribution >= 4 is 17.0 Å². The summed E-state index contributed by atoms with van der Waals surface area (Å²) in [7, 11) is 0. The third kappa shape index (κ3) is 4.27. The van der Waals surface area contributed by atoms with E-state index in [0.29, 0.717) is 35.3 Å². The molecule has 1 fully saturated rings. The molecule has 1 heterocycles. The van der Waals surface area contributed by atoms with Crippen molar-refractivity contribution in [3.63, 3.8) is 0 Å². The van der Waals surface area contributed by atoms with Gasteiger partial charge >= 0.3 is 5.97 Å². The largest absolute Gasteiger partial charge is 0.478 e. The Bertz CT molecular complexity index is 1030. The van der Waals surface area contributed by atoms with E-state index in [1.807, 2.05) is 18.2 Å². The van der Waals surface area contributed by atoms with Gasteiger partial charge < -0.3 is 19.6 Å². The van der Waals surface area contributed by atoms with E-state index in [4.69, 9.17) is 14.6 Å². The zero-order valence-electron chi connectivity index (χ0n) is 17.6. The first-order valence-electron chi connectivity index (χ1n) is 10.6. The molecule has 1 aliphatic rings. The van der Waals surface area contributed by atoms with Gasteiger partial charge in [-0.05, 0) is 61.1 Å². The first-order valence-corrected chi connectivity index (χ1v) is 10.6. The summed E-state index contributed by atoms with van der Waals surface area (Å²) in [6.07, 6.45) is 3.69. The highest BCUT2D eigenvalue weighted by atomic mass is 16.5. The molecule has 1 aliphatic carbocycles. The van der Waals surface area contributed by atoms with Crippen LogP contribution in [0, 0.1) is 17.8 Å². The average Bonchev–Trinajstić information content (AvgIpc) is 3.09. The van der Waals surface area contributed by atoms with Gasteiger partial charge in [-0.2, -0.15) is 4.98 Å². The number of hydrogen-bond acceptors (Lipinski definition) is 4. The molecule has 0 spiro atoms. The fraction of sp³-hybridized carbons (Fsp3) is 0.417. The number of imidazole rings is 1. The van der Waals surface area contributed by atoms with E-state index in [1.54, 1.807) is 12.1 Å². The van der Waals surface area contributed by atoms with Crippen LogP contribution in [0.1, 0.15) is 50.4 Å². The lowest BCUT2D eigenvalue weighted by molar-refractivity contribution is 0.0258. The van der Waals surface area contributed by atoms with Gasteiger partial charge in [0.2, 0.25) is 0 Å². The van der Waals surface area contributed by atoms with E-state index in [1.165, 1.54) is 25.0 Å². The topological polar surface area (TPSA) is 84.4 Å². The summed E-state index contributed by atoms with van der Waals surface area (Å²) < 4.78 is 12.2. The summed E-state index contributed by atoms with van der Waals surface area (Å²) in [5.74, 6) is 2.00. The third-order valence-electron chi connectivity index (χ3n) is 6.04. The molecule has 2 N–H and O–H groups in total. The molecule has 0 amide bonds. The summed E-state index contributed by atoms with van der Waals surface area (Å²) in [5.41, 5.74) is 1.89. The number of H-pyrrole nitrogens is 1. The predicted octanol–water partition coefficient (Wildman–Crippen LogP) is 5.89. The van der Waals surface area contributed by atoms with E-state index < -0.39 is 5.97 Å². The molecule has 2 aromatic carbocycles. The van der Waals surface area contributed by atoms with Crippen molar-refractivity contribution < 1.29 is 19.4 Å². The lowest BCUT2D eigenvalue weighted by Crippen LogP contribution is -2.38. The number of carboxylic acids is 1. The molecule has 4 rings (SSSR count). The number of hydrogen-bond donors (Lipinski definition) is 2. The molecular weight excluding hydrogens is 380 g/mol. The number of aromatic amines is 1. The smallest absolute Gasteiger partial charge is 0.335 e. The molecule has 0 bridgehead atoms. The molecule has 6 nitrogen and oxygen atoms in total. The molecule has 1 aromatic heterocycles. The first-order chi connectivity index (χ1) is 14.4. The molecule has 3 unspecified atom stereocenters. The zero-order valence-corrected chi connectivity index (χ0v) is 17.6. The maximum absolute atomic E-state index is 11.0. The Morgan fingerprint density at radius 3 is 2.57 bits per heavy atom. The number of carboxylic acid groups (broad SMARTS) is 1. The van der Waals surface area contributed by atoms with E-state index in [2.05, 4.69) is 30.7 Å². The molecule has 158 valence electrons. The van der Waals surface area contributed by atoms with Gasteiger partial charge in [-0.3, -0.25) is 0 Å². The van der Waals surface area contributed by atoms with Crippen molar-refractivity contribution in [2.75, 3.05) is 0 Å². The summed E-state index contributed by atoms with van der Waals surface area (Å²) >= 11 is 0. The first kappa shape index (κ1) is 20.3. The number of carbonyl (C=O) groups is 1. The van der Waals surface area contributed by atoms with Crippen LogP contribution in [0.3, 0.4) is 0 Å². The predicted molar refractivity (Wildman–Crippen MR) is 115 cm³/mol. The lowest BCUT2D eigenvalue weighted by atomic mass is 9.72. The number of rotatable bonds is 6. The van der Waals surface area contributed by atoms with E-state index in [9.17, 15) is 4.79 Å². The van der Waals surface area contributed by atoms with Gasteiger partial charge in [-0.15, -0.1) is 0 Å². The highest BCUT2D eigenvalue weighted by molar-refractivity contribution is 5.87. The lowest BCUT2D eigenvalue weighted by Gasteiger charge is -2.38. The van der Waals surface area contributed by atoms with Crippen molar-refractivity contribution in [2.24, 2.45) is 17.8 Å². The number of aromatic nitrogens is 2. The summed E-state index contributed by atoms with van der Waals surface area (Å²) in [6, 6.07) is 12.5. The molecule has 3 aromatic rings. The van der Waals surface area contributed by atoms with E-state index in [-0.39, 0.29) is 11.7 Å². The van der Waals surface area contributed by atoms with Gasteiger partial charge in [0.1, 0.15) is 17.6 Å². The van der Waals surface area contributed by atoms with Crippen LogP contribution in [0.4, 0.5) is 0 Å². The highest BCUT2D eigenvalue weighted by Gasteiger charge is 2.34. The standard InChI is InChI=1S/C24H28N2O4/c1-14(2)22-15(3)5-4-6-21(22)30-24-25-19-12-11-18(13-20(19)26-24)29-17-9-7-16(8-10-17)23(27)28/h7-15,21-22H,4-6H2,1-3H3,(H,25,26)(H,27,28). The number of nitrogens with zero attached hydrogens (tertiary/aromatic N) is 1. The Morgan fingerprint density at radius 1 is 1.13 bits per heavy atom. The monoisotopic (exact) mass is 408 g/mol. The van der Waals surface area contributed by atoms with Crippen molar-refractivity contribution in [3.05, 3.63) is 48.0 Å². The van der Waals surface area contributed by atoms with Crippen LogP contribution >= 0.6 is 0 Å². The van der Waals surface area contributed by atoms with Crippen molar-refractivity contribution in [1.82, 2.24) is 9.97 Å². The number of fused-ring (bicyclic) bond motifs is 1. The Balaban J connectivity index is 1.50.